The Bertz CT molecular complexity index is 152. The minimum atomic E-state index is -0.242. The smallest absolute Gasteiger partial charge is 0.0655 e. The third-order valence-corrected chi connectivity index (χ3v) is 3.60. The van der Waals surface area contributed by atoms with Crippen LogP contribution < -0.4 is 0 Å². The second-order valence-electron chi connectivity index (χ2n) is 5.09. The summed E-state index contributed by atoms with van der Waals surface area (Å²) in [4.78, 5) is 0. The van der Waals surface area contributed by atoms with Crippen LogP contribution >= 0.6 is 0 Å². The molecule has 2 aliphatic carbocycles. The minimum Gasteiger partial charge on any atom is -0.390 e. The highest BCUT2D eigenvalue weighted by Gasteiger charge is 2.41. The maximum Gasteiger partial charge on any atom is 0.0655 e. The zero-order valence-electron chi connectivity index (χ0n) is 8.05. The van der Waals surface area contributed by atoms with Crippen LogP contribution in [0.15, 0.2) is 0 Å². The van der Waals surface area contributed by atoms with Crippen molar-refractivity contribution < 1.29 is 5.11 Å². The Balaban J connectivity index is 1.78. The molecule has 0 aromatic carbocycles. The molecule has 70 valence electrons. The summed E-state index contributed by atoms with van der Waals surface area (Å²) < 4.78 is 0. The van der Waals surface area contributed by atoms with Gasteiger partial charge in [-0.25, -0.2) is 0 Å². The van der Waals surface area contributed by atoms with Gasteiger partial charge in [0.15, 0.2) is 0 Å². The lowest BCUT2D eigenvalue weighted by molar-refractivity contribution is -0.0837. The van der Waals surface area contributed by atoms with E-state index in [0.29, 0.717) is 0 Å². The fourth-order valence-electron chi connectivity index (χ4n) is 3.16. The van der Waals surface area contributed by atoms with Gasteiger partial charge in [0, 0.05) is 0 Å². The van der Waals surface area contributed by atoms with Gasteiger partial charge in [-0.2, -0.15) is 0 Å². The summed E-state index contributed by atoms with van der Waals surface area (Å²) in [7, 11) is 0. The van der Waals surface area contributed by atoms with E-state index in [2.05, 4.69) is 6.92 Å². The Morgan fingerprint density at radius 2 is 1.83 bits per heavy atom. The van der Waals surface area contributed by atoms with E-state index in [1.165, 1.54) is 25.7 Å². The number of hydrogen-bond donors (Lipinski definition) is 1. The molecule has 0 aromatic heterocycles. The van der Waals surface area contributed by atoms with Crippen LogP contribution in [-0.2, 0) is 0 Å². The van der Waals surface area contributed by atoms with Gasteiger partial charge in [0.1, 0.15) is 0 Å². The van der Waals surface area contributed by atoms with Crippen molar-refractivity contribution in [3.05, 3.63) is 0 Å². The highest BCUT2D eigenvalue weighted by Crippen LogP contribution is 2.44. The van der Waals surface area contributed by atoms with Gasteiger partial charge in [0.2, 0.25) is 0 Å². The molecule has 0 aliphatic heterocycles. The Labute approximate surface area is 75.2 Å². The lowest BCUT2D eigenvalue weighted by Crippen LogP contribution is -2.43. The molecule has 0 bridgehead atoms. The van der Waals surface area contributed by atoms with Crippen molar-refractivity contribution in [1.29, 1.82) is 0 Å². The molecule has 2 fully saturated rings. The average molecular weight is 168 g/mol. The molecule has 0 unspecified atom stereocenters. The van der Waals surface area contributed by atoms with E-state index in [9.17, 15) is 5.11 Å². The Hall–Kier alpha value is -0.0400. The quantitative estimate of drug-likeness (QED) is 0.672. The average Bonchev–Trinajstić information content (AvgIpc) is 2.36. The molecule has 1 heteroatoms. The van der Waals surface area contributed by atoms with Gasteiger partial charge >= 0.3 is 0 Å². The zero-order chi connectivity index (χ0) is 8.60. The first-order valence-corrected chi connectivity index (χ1v) is 5.40. The first-order valence-electron chi connectivity index (χ1n) is 5.40. The van der Waals surface area contributed by atoms with Gasteiger partial charge in [-0.15, -0.1) is 0 Å². The monoisotopic (exact) mass is 168 g/mol. The van der Waals surface area contributed by atoms with Crippen molar-refractivity contribution in [3.63, 3.8) is 0 Å². The Morgan fingerprint density at radius 3 is 2.33 bits per heavy atom. The van der Waals surface area contributed by atoms with Crippen molar-refractivity contribution in [3.8, 4) is 0 Å². The van der Waals surface area contributed by atoms with E-state index in [1.807, 2.05) is 0 Å². The van der Waals surface area contributed by atoms with Crippen molar-refractivity contribution in [1.82, 2.24) is 0 Å². The lowest BCUT2D eigenvalue weighted by Gasteiger charge is -2.43. The van der Waals surface area contributed by atoms with Crippen LogP contribution in [0.2, 0.25) is 0 Å². The highest BCUT2D eigenvalue weighted by molar-refractivity contribution is 4.94. The van der Waals surface area contributed by atoms with Crippen LogP contribution in [0.3, 0.4) is 0 Å². The van der Waals surface area contributed by atoms with Gasteiger partial charge in [0.05, 0.1) is 5.60 Å². The largest absolute Gasteiger partial charge is 0.390 e. The summed E-state index contributed by atoms with van der Waals surface area (Å²) in [5.74, 6) is 1.62. The topological polar surface area (TPSA) is 20.2 Å². The third-order valence-electron chi connectivity index (χ3n) is 3.60. The van der Waals surface area contributed by atoms with Crippen LogP contribution in [0, 0.1) is 11.8 Å². The molecule has 1 N–H and O–H groups in total. The fraction of sp³-hybridized carbons (Fsp3) is 1.00. The molecule has 2 rings (SSSR count). The second-order valence-corrected chi connectivity index (χ2v) is 5.09. The molecule has 1 nitrogen and oxygen atoms in total. The zero-order valence-corrected chi connectivity index (χ0v) is 8.05. The molecule has 0 aromatic rings. The third kappa shape index (κ3) is 1.66. The Morgan fingerprint density at radius 1 is 1.25 bits per heavy atom. The summed E-state index contributed by atoms with van der Waals surface area (Å²) in [5.41, 5.74) is -0.242. The van der Waals surface area contributed by atoms with E-state index < -0.39 is 0 Å². The van der Waals surface area contributed by atoms with E-state index in [1.54, 1.807) is 0 Å². The maximum absolute atomic E-state index is 10.0. The summed E-state index contributed by atoms with van der Waals surface area (Å²) in [6.07, 6.45) is 8.75. The molecular weight excluding hydrogens is 148 g/mol. The van der Waals surface area contributed by atoms with Crippen LogP contribution in [0.5, 0.6) is 0 Å². The van der Waals surface area contributed by atoms with Crippen molar-refractivity contribution >= 4 is 0 Å². The van der Waals surface area contributed by atoms with Crippen LogP contribution in [0.1, 0.15) is 51.9 Å². The van der Waals surface area contributed by atoms with Crippen LogP contribution in [0.4, 0.5) is 0 Å². The summed E-state index contributed by atoms with van der Waals surface area (Å²) in [6.45, 7) is 2.24. The van der Waals surface area contributed by atoms with Crippen LogP contribution in [0.25, 0.3) is 0 Å². The first kappa shape index (κ1) is 8.55. The predicted octanol–water partition coefficient (Wildman–Crippen LogP) is 2.73. The normalized spacial score (nSPS) is 43.0. The number of rotatable bonds is 2. The van der Waals surface area contributed by atoms with Crippen molar-refractivity contribution in [2.75, 3.05) is 0 Å². The van der Waals surface area contributed by atoms with E-state index in [-0.39, 0.29) is 5.60 Å². The van der Waals surface area contributed by atoms with Gasteiger partial charge < -0.3 is 5.11 Å². The van der Waals surface area contributed by atoms with Gasteiger partial charge in [0.25, 0.3) is 0 Å². The van der Waals surface area contributed by atoms with E-state index >= 15 is 0 Å². The fourth-order valence-corrected chi connectivity index (χ4v) is 3.16. The molecule has 2 saturated carbocycles. The summed E-state index contributed by atoms with van der Waals surface area (Å²) in [5, 5.41) is 10.0. The molecule has 12 heavy (non-hydrogen) atoms. The predicted molar refractivity (Wildman–Crippen MR) is 49.9 cm³/mol. The first-order chi connectivity index (χ1) is 5.68. The summed E-state index contributed by atoms with van der Waals surface area (Å²) >= 11 is 0. The van der Waals surface area contributed by atoms with Gasteiger partial charge in [-0.3, -0.25) is 0 Å². The van der Waals surface area contributed by atoms with E-state index in [0.717, 1.165) is 31.1 Å². The lowest BCUT2D eigenvalue weighted by atomic mass is 9.68. The standard InChI is InChI=1S/C11H20O/c1-9-6-11(12,7-9)8-10-4-2-3-5-10/h9-10,12H,2-8H2,1H3. The Kier molecular flexibility index (Phi) is 2.16. The molecular formula is C11H20O. The molecule has 0 atom stereocenters. The maximum atomic E-state index is 10.0. The van der Waals surface area contributed by atoms with Crippen LogP contribution in [-0.4, -0.2) is 10.7 Å². The van der Waals surface area contributed by atoms with Gasteiger partial charge in [-0.05, 0) is 31.1 Å². The minimum absolute atomic E-state index is 0.242. The second kappa shape index (κ2) is 3.02. The van der Waals surface area contributed by atoms with Gasteiger partial charge in [-0.1, -0.05) is 32.6 Å². The van der Waals surface area contributed by atoms with Crippen molar-refractivity contribution in [2.24, 2.45) is 11.8 Å². The molecule has 2 aliphatic rings. The number of hydrogen-bond acceptors (Lipinski definition) is 1. The summed E-state index contributed by atoms with van der Waals surface area (Å²) in [6, 6.07) is 0. The highest BCUT2D eigenvalue weighted by atomic mass is 16.3. The molecule has 0 heterocycles. The number of aliphatic hydroxyl groups is 1. The molecule has 0 saturated heterocycles. The molecule has 0 radical (unpaired) electrons. The van der Waals surface area contributed by atoms with E-state index in [4.69, 9.17) is 0 Å². The molecule has 0 amide bonds. The van der Waals surface area contributed by atoms with Crippen molar-refractivity contribution in [2.45, 2.75) is 57.5 Å². The molecule has 0 spiro atoms. The SMILES string of the molecule is CC1CC(O)(CC2CCCC2)C1.